The fraction of sp³-hybridized carbons (Fsp3) is 0.143. The minimum absolute atomic E-state index is 0.00701. The predicted molar refractivity (Wildman–Crippen MR) is 112 cm³/mol. The topological polar surface area (TPSA) is 82.4 Å². The number of phenolic OH excluding ortho intramolecular Hbond substituents is 1. The van der Waals surface area contributed by atoms with Crippen LogP contribution in [0.25, 0.3) is 6.08 Å². The number of hydrogen-bond donors (Lipinski definition) is 2. The maximum absolute atomic E-state index is 12.5. The van der Waals surface area contributed by atoms with E-state index in [0.29, 0.717) is 29.8 Å². The molecule has 144 valence electrons. The average molecular weight is 417 g/mol. The van der Waals surface area contributed by atoms with Gasteiger partial charge in [-0.25, -0.2) is 0 Å². The van der Waals surface area contributed by atoms with Crippen LogP contribution in [-0.2, 0) is 11.2 Å². The molecule has 28 heavy (non-hydrogen) atoms. The zero-order valence-electron chi connectivity index (χ0n) is 15.1. The molecular formula is C21H18Cl2N2O3. The van der Waals surface area contributed by atoms with Crippen molar-refractivity contribution in [3.8, 4) is 17.6 Å². The normalized spacial score (nSPS) is 10.9. The first-order chi connectivity index (χ1) is 13.4. The summed E-state index contributed by atoms with van der Waals surface area (Å²) in [6, 6.07) is 9.90. The van der Waals surface area contributed by atoms with Crippen molar-refractivity contribution in [1.29, 1.82) is 5.26 Å². The molecule has 2 rings (SSSR count). The third kappa shape index (κ3) is 5.07. The Balaban J connectivity index is 2.40. The van der Waals surface area contributed by atoms with Gasteiger partial charge >= 0.3 is 0 Å². The molecule has 2 aromatic carbocycles. The molecule has 0 aliphatic carbocycles. The Bertz CT molecular complexity index is 978. The molecule has 0 saturated heterocycles. The summed E-state index contributed by atoms with van der Waals surface area (Å²) in [4.78, 5) is 12.5. The quantitative estimate of drug-likeness (QED) is 0.360. The zero-order valence-corrected chi connectivity index (χ0v) is 16.6. The lowest BCUT2D eigenvalue weighted by Gasteiger charge is -2.11. The third-order valence-corrected chi connectivity index (χ3v) is 4.54. The molecule has 0 aliphatic rings. The molecule has 0 bridgehead atoms. The zero-order chi connectivity index (χ0) is 20.7. The second-order valence-corrected chi connectivity index (χ2v) is 6.46. The third-order valence-electron chi connectivity index (χ3n) is 3.72. The molecule has 7 heteroatoms. The smallest absolute Gasteiger partial charge is 0.266 e. The van der Waals surface area contributed by atoms with Crippen molar-refractivity contribution in [2.45, 2.75) is 13.3 Å². The fourth-order valence-corrected chi connectivity index (χ4v) is 2.80. The van der Waals surface area contributed by atoms with Gasteiger partial charge in [-0.05, 0) is 49.2 Å². The van der Waals surface area contributed by atoms with E-state index in [-0.39, 0.29) is 27.1 Å². The van der Waals surface area contributed by atoms with Crippen LogP contribution >= 0.6 is 23.2 Å². The van der Waals surface area contributed by atoms with Crippen LogP contribution in [0.1, 0.15) is 18.1 Å². The molecular weight excluding hydrogens is 399 g/mol. The maximum Gasteiger partial charge on any atom is 0.266 e. The van der Waals surface area contributed by atoms with E-state index in [2.05, 4.69) is 11.9 Å². The van der Waals surface area contributed by atoms with Gasteiger partial charge in [-0.1, -0.05) is 35.3 Å². The number of ether oxygens (including phenoxy) is 1. The lowest BCUT2D eigenvalue weighted by Crippen LogP contribution is -2.13. The van der Waals surface area contributed by atoms with Gasteiger partial charge in [0.15, 0.2) is 11.5 Å². The van der Waals surface area contributed by atoms with Gasteiger partial charge in [-0.2, -0.15) is 5.26 Å². The van der Waals surface area contributed by atoms with Crippen molar-refractivity contribution < 1.29 is 14.6 Å². The van der Waals surface area contributed by atoms with Gasteiger partial charge in [0.25, 0.3) is 5.91 Å². The van der Waals surface area contributed by atoms with Crippen LogP contribution in [0.2, 0.25) is 10.0 Å². The van der Waals surface area contributed by atoms with E-state index in [0.717, 1.165) is 0 Å². The number of amides is 1. The van der Waals surface area contributed by atoms with Crippen LogP contribution in [0.3, 0.4) is 0 Å². The Morgan fingerprint density at radius 1 is 1.39 bits per heavy atom. The number of halogens is 2. The van der Waals surface area contributed by atoms with Crippen LogP contribution in [0.4, 0.5) is 5.69 Å². The molecule has 0 aliphatic heterocycles. The number of nitrogens with zero attached hydrogens (tertiary/aromatic N) is 1. The molecule has 0 aromatic heterocycles. The number of nitriles is 1. The summed E-state index contributed by atoms with van der Waals surface area (Å²) in [5.74, 6) is -0.362. The minimum Gasteiger partial charge on any atom is -0.504 e. The molecule has 0 radical (unpaired) electrons. The van der Waals surface area contributed by atoms with Gasteiger partial charge in [-0.15, -0.1) is 6.58 Å². The van der Waals surface area contributed by atoms with E-state index < -0.39 is 5.91 Å². The van der Waals surface area contributed by atoms with Crippen molar-refractivity contribution in [3.63, 3.8) is 0 Å². The van der Waals surface area contributed by atoms with Gasteiger partial charge in [0.2, 0.25) is 0 Å². The lowest BCUT2D eigenvalue weighted by molar-refractivity contribution is -0.112. The van der Waals surface area contributed by atoms with Crippen LogP contribution < -0.4 is 10.1 Å². The first-order valence-electron chi connectivity index (χ1n) is 8.38. The molecule has 0 unspecified atom stereocenters. The van der Waals surface area contributed by atoms with E-state index in [1.165, 1.54) is 6.08 Å². The highest BCUT2D eigenvalue weighted by molar-refractivity contribution is 6.44. The number of rotatable bonds is 7. The first-order valence-corrected chi connectivity index (χ1v) is 9.13. The Labute approximate surface area is 173 Å². The molecule has 2 N–H and O–H groups in total. The van der Waals surface area contributed by atoms with Gasteiger partial charge in [0.1, 0.15) is 11.6 Å². The summed E-state index contributed by atoms with van der Waals surface area (Å²) in [5, 5.41) is 22.7. The van der Waals surface area contributed by atoms with Crippen molar-refractivity contribution in [2.75, 3.05) is 11.9 Å². The number of nitrogens with one attached hydrogen (secondary N) is 1. The summed E-state index contributed by atoms with van der Waals surface area (Å²) in [6.07, 6.45) is 3.44. The molecule has 0 saturated carbocycles. The van der Waals surface area contributed by atoms with Crippen LogP contribution in [0.5, 0.6) is 11.5 Å². The number of benzene rings is 2. The second-order valence-electron chi connectivity index (χ2n) is 5.68. The van der Waals surface area contributed by atoms with Gasteiger partial charge < -0.3 is 15.2 Å². The molecule has 0 fully saturated rings. The number of aromatic hydroxyl groups is 1. The second kappa shape index (κ2) is 9.84. The minimum atomic E-state index is -0.636. The highest BCUT2D eigenvalue weighted by atomic mass is 35.5. The highest BCUT2D eigenvalue weighted by Gasteiger charge is 2.15. The first kappa shape index (κ1) is 21.4. The Morgan fingerprint density at radius 2 is 2.14 bits per heavy atom. The molecule has 0 heterocycles. The summed E-state index contributed by atoms with van der Waals surface area (Å²) in [6.45, 7) is 5.81. The van der Waals surface area contributed by atoms with Crippen LogP contribution in [0, 0.1) is 11.3 Å². The molecule has 0 atom stereocenters. The van der Waals surface area contributed by atoms with Gasteiger partial charge in [0.05, 0.1) is 22.3 Å². The molecule has 0 spiro atoms. The van der Waals surface area contributed by atoms with E-state index in [1.807, 2.05) is 6.07 Å². The largest absolute Gasteiger partial charge is 0.504 e. The van der Waals surface area contributed by atoms with Crippen molar-refractivity contribution in [2.24, 2.45) is 0 Å². The summed E-state index contributed by atoms with van der Waals surface area (Å²) >= 11 is 12.0. The summed E-state index contributed by atoms with van der Waals surface area (Å²) < 4.78 is 5.44. The number of allylic oxidation sites excluding steroid dienone is 1. The SMILES string of the molecule is C=CCc1cc(/C=C(/C#N)C(=O)Nc2cccc(Cl)c2Cl)cc(OCC)c1O. The van der Waals surface area contributed by atoms with E-state index in [1.54, 1.807) is 43.3 Å². The maximum atomic E-state index is 12.5. The van der Waals surface area contributed by atoms with Crippen molar-refractivity contribution in [1.82, 2.24) is 0 Å². The summed E-state index contributed by atoms with van der Waals surface area (Å²) in [5.41, 5.74) is 1.26. The lowest BCUT2D eigenvalue weighted by atomic mass is 10.0. The number of carbonyl (C=O) groups excluding carboxylic acids is 1. The number of anilines is 1. The monoisotopic (exact) mass is 416 g/mol. The van der Waals surface area contributed by atoms with E-state index in [4.69, 9.17) is 27.9 Å². The number of hydrogen-bond acceptors (Lipinski definition) is 4. The van der Waals surface area contributed by atoms with Crippen LogP contribution in [0.15, 0.2) is 48.6 Å². The number of phenols is 1. The van der Waals surface area contributed by atoms with Crippen molar-refractivity contribution >= 4 is 40.9 Å². The average Bonchev–Trinajstić information content (AvgIpc) is 2.67. The van der Waals surface area contributed by atoms with Crippen LogP contribution in [-0.4, -0.2) is 17.6 Å². The van der Waals surface area contributed by atoms with Crippen molar-refractivity contribution in [3.05, 3.63) is 69.7 Å². The summed E-state index contributed by atoms with van der Waals surface area (Å²) in [7, 11) is 0. The Morgan fingerprint density at radius 3 is 2.79 bits per heavy atom. The van der Waals surface area contributed by atoms with E-state index in [9.17, 15) is 15.2 Å². The highest BCUT2D eigenvalue weighted by Crippen LogP contribution is 2.33. The Kier molecular flexibility index (Phi) is 7.51. The Hall–Kier alpha value is -2.94. The predicted octanol–water partition coefficient (Wildman–Crippen LogP) is 5.37. The number of carbonyl (C=O) groups is 1. The standard InChI is InChI=1S/C21H18Cl2N2O3/c1-3-6-14-9-13(11-18(20(14)26)28-4-2)10-15(12-24)21(27)25-17-8-5-7-16(22)19(17)23/h3,5,7-11,26H,1,4,6H2,2H3,(H,25,27)/b15-10-. The van der Waals surface area contributed by atoms with Gasteiger partial charge in [0, 0.05) is 5.56 Å². The molecule has 1 amide bonds. The molecule has 5 nitrogen and oxygen atoms in total. The fourth-order valence-electron chi connectivity index (χ4n) is 2.45. The molecule has 2 aromatic rings. The van der Waals surface area contributed by atoms with Gasteiger partial charge in [-0.3, -0.25) is 4.79 Å². The van der Waals surface area contributed by atoms with E-state index >= 15 is 0 Å².